The predicted molar refractivity (Wildman–Crippen MR) is 119 cm³/mol. The number of carbonyl (C=O) groups is 1. The molecule has 5 nitrogen and oxygen atoms in total. The highest BCUT2D eigenvalue weighted by molar-refractivity contribution is 7.78. The standard InChI is InChI=1S/C23H21NO4S2/c25-22(11-10-20-4-2-12-29-20)24-14-19-13-18-3-1-5-21(23(18)28-19)17-8-6-16(7-9-17)15-30(26)27/h1-12,19H,13-15H2,(H,24,25)(H,26,27)/p-1/b11-10+. The van der Waals surface area contributed by atoms with Gasteiger partial charge in [-0.25, -0.2) is 0 Å². The number of fused-ring (bicyclic) bond motifs is 1. The smallest absolute Gasteiger partial charge is 0.244 e. The van der Waals surface area contributed by atoms with Crippen LogP contribution in [0.1, 0.15) is 16.0 Å². The Morgan fingerprint density at radius 3 is 2.77 bits per heavy atom. The molecule has 7 heteroatoms. The maximum atomic E-state index is 12.1. The zero-order valence-corrected chi connectivity index (χ0v) is 17.7. The second-order valence-corrected chi connectivity index (χ2v) is 8.85. The Bertz CT molecular complexity index is 1080. The van der Waals surface area contributed by atoms with Gasteiger partial charge in [0.25, 0.3) is 0 Å². The molecule has 0 radical (unpaired) electrons. The molecule has 1 aromatic heterocycles. The van der Waals surface area contributed by atoms with Crippen molar-refractivity contribution < 1.29 is 18.3 Å². The lowest BCUT2D eigenvalue weighted by Gasteiger charge is -2.13. The van der Waals surface area contributed by atoms with Crippen LogP contribution in [0.25, 0.3) is 17.2 Å². The Labute approximate surface area is 181 Å². The fourth-order valence-electron chi connectivity index (χ4n) is 3.41. The molecule has 0 saturated heterocycles. The number of hydrogen-bond donors (Lipinski definition) is 1. The van der Waals surface area contributed by atoms with Crippen LogP contribution in [-0.2, 0) is 28.0 Å². The van der Waals surface area contributed by atoms with E-state index in [2.05, 4.69) is 5.32 Å². The van der Waals surface area contributed by atoms with Gasteiger partial charge < -0.3 is 14.6 Å². The normalized spacial score (nSPS) is 16.2. The molecule has 2 aromatic carbocycles. The molecule has 0 bridgehead atoms. The Morgan fingerprint density at radius 1 is 1.20 bits per heavy atom. The molecule has 30 heavy (non-hydrogen) atoms. The van der Waals surface area contributed by atoms with Crippen molar-refractivity contribution in [1.82, 2.24) is 5.32 Å². The van der Waals surface area contributed by atoms with Crippen LogP contribution in [0.4, 0.5) is 0 Å². The van der Waals surface area contributed by atoms with Crippen LogP contribution >= 0.6 is 11.3 Å². The third-order valence-electron chi connectivity index (χ3n) is 4.82. The maximum absolute atomic E-state index is 12.1. The van der Waals surface area contributed by atoms with Gasteiger partial charge in [0, 0.05) is 28.7 Å². The lowest BCUT2D eigenvalue weighted by Crippen LogP contribution is -2.33. The second-order valence-electron chi connectivity index (χ2n) is 6.98. The summed E-state index contributed by atoms with van der Waals surface area (Å²) in [5, 5.41) is 4.87. The van der Waals surface area contributed by atoms with Gasteiger partial charge in [0.15, 0.2) is 0 Å². The average Bonchev–Trinajstić information content (AvgIpc) is 3.40. The van der Waals surface area contributed by atoms with Gasteiger partial charge in [-0.1, -0.05) is 59.6 Å². The van der Waals surface area contributed by atoms with Crippen molar-refractivity contribution in [2.24, 2.45) is 0 Å². The zero-order valence-electron chi connectivity index (χ0n) is 16.1. The number of hydrogen-bond acceptors (Lipinski definition) is 5. The molecule has 0 fully saturated rings. The van der Waals surface area contributed by atoms with Gasteiger partial charge in [-0.05, 0) is 34.2 Å². The second kappa shape index (κ2) is 9.38. The van der Waals surface area contributed by atoms with E-state index in [0.29, 0.717) is 6.54 Å². The monoisotopic (exact) mass is 438 g/mol. The van der Waals surface area contributed by atoms with E-state index in [1.165, 1.54) is 6.08 Å². The number of ether oxygens (including phenoxy) is 1. The van der Waals surface area contributed by atoms with Gasteiger partial charge in [-0.3, -0.25) is 9.00 Å². The fraction of sp³-hybridized carbons (Fsp3) is 0.174. The van der Waals surface area contributed by atoms with Crippen LogP contribution in [0.5, 0.6) is 5.75 Å². The number of nitrogens with one attached hydrogen (secondary N) is 1. The molecular formula is C23H20NO4S2-. The van der Waals surface area contributed by atoms with Crippen molar-refractivity contribution >= 4 is 34.4 Å². The van der Waals surface area contributed by atoms with E-state index in [-0.39, 0.29) is 17.8 Å². The van der Waals surface area contributed by atoms with Crippen molar-refractivity contribution in [1.29, 1.82) is 0 Å². The van der Waals surface area contributed by atoms with E-state index < -0.39 is 11.1 Å². The number of rotatable bonds is 7. The van der Waals surface area contributed by atoms with Crippen molar-refractivity contribution in [2.45, 2.75) is 18.3 Å². The first-order chi connectivity index (χ1) is 14.6. The Hall–Kier alpha value is -2.74. The topological polar surface area (TPSA) is 78.5 Å². The van der Waals surface area contributed by atoms with Gasteiger partial charge in [0.05, 0.1) is 6.54 Å². The molecule has 154 valence electrons. The first kappa shape index (κ1) is 20.5. The molecule has 2 atom stereocenters. The van der Waals surface area contributed by atoms with E-state index in [4.69, 9.17) is 4.74 Å². The molecule has 4 rings (SSSR count). The molecule has 0 saturated carbocycles. The van der Waals surface area contributed by atoms with Crippen LogP contribution in [0.2, 0.25) is 0 Å². The Balaban J connectivity index is 1.39. The number of thiophene rings is 1. The lowest BCUT2D eigenvalue weighted by atomic mass is 10.00. The largest absolute Gasteiger partial charge is 0.772 e. The highest BCUT2D eigenvalue weighted by atomic mass is 32.2. The predicted octanol–water partition coefficient (Wildman–Crippen LogP) is 3.93. The number of carbonyl (C=O) groups excluding carboxylic acids is 1. The summed E-state index contributed by atoms with van der Waals surface area (Å²) in [7, 11) is 0. The van der Waals surface area contributed by atoms with E-state index in [1.807, 2.05) is 60.0 Å². The summed E-state index contributed by atoms with van der Waals surface area (Å²) in [6, 6.07) is 17.4. The highest BCUT2D eigenvalue weighted by Gasteiger charge is 2.25. The summed E-state index contributed by atoms with van der Waals surface area (Å²) in [5.41, 5.74) is 3.78. The van der Waals surface area contributed by atoms with Crippen LogP contribution in [0, 0.1) is 0 Å². The zero-order chi connectivity index (χ0) is 20.9. The fourth-order valence-corrected chi connectivity index (χ4v) is 4.50. The van der Waals surface area contributed by atoms with Crippen LogP contribution in [0.15, 0.2) is 66.1 Å². The average molecular weight is 439 g/mol. The maximum Gasteiger partial charge on any atom is 0.244 e. The summed E-state index contributed by atoms with van der Waals surface area (Å²) < 4.78 is 27.9. The van der Waals surface area contributed by atoms with Crippen molar-refractivity contribution in [2.75, 3.05) is 6.54 Å². The lowest BCUT2D eigenvalue weighted by molar-refractivity contribution is -0.116. The first-order valence-electron chi connectivity index (χ1n) is 9.51. The van der Waals surface area contributed by atoms with E-state index in [9.17, 15) is 13.6 Å². The minimum absolute atomic E-state index is 0.00633. The van der Waals surface area contributed by atoms with E-state index >= 15 is 0 Å². The molecule has 1 N–H and O–H groups in total. The quantitative estimate of drug-likeness (QED) is 0.448. The van der Waals surface area contributed by atoms with Gasteiger partial charge in [0.1, 0.15) is 11.9 Å². The molecule has 1 aliphatic rings. The number of para-hydroxylation sites is 1. The summed E-state index contributed by atoms with van der Waals surface area (Å²) in [6.45, 7) is 0.427. The molecule has 1 aliphatic heterocycles. The third kappa shape index (κ3) is 5.05. The number of benzene rings is 2. The third-order valence-corrected chi connectivity index (χ3v) is 6.23. The van der Waals surface area contributed by atoms with Crippen LogP contribution < -0.4 is 10.1 Å². The summed E-state index contributed by atoms with van der Waals surface area (Å²) in [6.07, 6.45) is 3.94. The highest BCUT2D eigenvalue weighted by Crippen LogP contribution is 2.38. The SMILES string of the molecule is O=C(/C=C/c1cccs1)NCC1Cc2cccc(-c3ccc(CS(=O)[O-])cc3)c2O1. The van der Waals surface area contributed by atoms with Gasteiger partial charge in [0.2, 0.25) is 5.91 Å². The molecule has 2 heterocycles. The summed E-state index contributed by atoms with van der Waals surface area (Å²) >= 11 is -0.521. The summed E-state index contributed by atoms with van der Waals surface area (Å²) in [4.78, 5) is 13.1. The van der Waals surface area contributed by atoms with Crippen molar-refractivity contribution in [3.63, 3.8) is 0 Å². The van der Waals surface area contributed by atoms with E-state index in [0.717, 1.165) is 39.3 Å². The van der Waals surface area contributed by atoms with Crippen molar-refractivity contribution in [3.8, 4) is 16.9 Å². The molecule has 0 spiro atoms. The Morgan fingerprint density at radius 2 is 2.03 bits per heavy atom. The molecule has 1 amide bonds. The molecule has 3 aromatic rings. The van der Waals surface area contributed by atoms with Gasteiger partial charge in [-0.15, -0.1) is 11.3 Å². The molecule has 0 aliphatic carbocycles. The minimum Gasteiger partial charge on any atom is -0.772 e. The number of amides is 1. The van der Waals surface area contributed by atoms with Crippen molar-refractivity contribution in [3.05, 3.63) is 82.1 Å². The van der Waals surface area contributed by atoms with E-state index in [1.54, 1.807) is 17.4 Å². The summed E-state index contributed by atoms with van der Waals surface area (Å²) in [5.74, 6) is 0.687. The van der Waals surface area contributed by atoms with Crippen LogP contribution in [-0.4, -0.2) is 27.3 Å². The first-order valence-corrected chi connectivity index (χ1v) is 11.6. The minimum atomic E-state index is -2.10. The van der Waals surface area contributed by atoms with Crippen LogP contribution in [0.3, 0.4) is 0 Å². The molecule has 2 unspecified atom stereocenters. The Kier molecular flexibility index (Phi) is 6.42. The molecular weight excluding hydrogens is 418 g/mol. The van der Waals surface area contributed by atoms with Gasteiger partial charge >= 0.3 is 0 Å². The van der Waals surface area contributed by atoms with Gasteiger partial charge in [-0.2, -0.15) is 0 Å².